The summed E-state index contributed by atoms with van der Waals surface area (Å²) in [6.45, 7) is 6.86. The number of rotatable bonds is 0. The maximum Gasteiger partial charge on any atom is 0.246 e. The van der Waals surface area contributed by atoms with Crippen molar-refractivity contribution in [1.29, 1.82) is 0 Å². The Labute approximate surface area is 115 Å². The maximum atomic E-state index is 5.84. The molecule has 0 atom stereocenters. The van der Waals surface area contributed by atoms with Gasteiger partial charge in [-0.05, 0) is 25.0 Å². The predicted octanol–water partition coefficient (Wildman–Crippen LogP) is 3.77. The largest absolute Gasteiger partial charge is 0.449 e. The van der Waals surface area contributed by atoms with E-state index in [1.165, 1.54) is 20.5 Å². The lowest BCUT2D eigenvalue weighted by atomic mass is 10.0. The molecule has 1 aromatic carbocycles. The van der Waals surface area contributed by atoms with Crippen LogP contribution in [0.5, 0.6) is 11.5 Å². The van der Waals surface area contributed by atoms with Gasteiger partial charge in [-0.15, -0.1) is 11.3 Å². The summed E-state index contributed by atoms with van der Waals surface area (Å²) in [6, 6.07) is 4.24. The predicted molar refractivity (Wildman–Crippen MR) is 77.9 cm³/mol. The molecule has 0 saturated carbocycles. The first-order valence-corrected chi connectivity index (χ1v) is 7.34. The van der Waals surface area contributed by atoms with Crippen molar-refractivity contribution < 1.29 is 9.47 Å². The van der Waals surface area contributed by atoms with Gasteiger partial charge in [0, 0.05) is 42.3 Å². The Morgan fingerprint density at radius 2 is 1.95 bits per heavy atom. The van der Waals surface area contributed by atoms with Crippen LogP contribution in [0.15, 0.2) is 17.1 Å². The number of hydrogen-bond donors (Lipinski definition) is 0. The third-order valence-corrected chi connectivity index (χ3v) is 4.91. The molecule has 98 valence electrons. The van der Waals surface area contributed by atoms with Gasteiger partial charge in [0.25, 0.3) is 0 Å². The molecule has 4 heteroatoms. The standard InChI is InChI=1S/C15H15NO2S/c1-8-14-9(4-5-16-8)10-6-11-12(7-13(10)19-14)18-15(2,3)17-11/h6-7H,4-5H2,1-3H3. The van der Waals surface area contributed by atoms with Crippen molar-refractivity contribution in [2.45, 2.75) is 33.0 Å². The fourth-order valence-corrected chi connectivity index (χ4v) is 4.04. The normalized spacial score (nSPS) is 19.4. The first-order valence-electron chi connectivity index (χ1n) is 6.52. The lowest BCUT2D eigenvalue weighted by Gasteiger charge is -2.16. The van der Waals surface area contributed by atoms with Crippen LogP contribution in [0.2, 0.25) is 0 Å². The van der Waals surface area contributed by atoms with Gasteiger partial charge in [0.2, 0.25) is 5.79 Å². The zero-order valence-corrected chi connectivity index (χ0v) is 12.1. The number of thiophene rings is 1. The smallest absolute Gasteiger partial charge is 0.246 e. The summed E-state index contributed by atoms with van der Waals surface area (Å²) in [4.78, 5) is 5.86. The minimum Gasteiger partial charge on any atom is -0.449 e. The highest BCUT2D eigenvalue weighted by molar-refractivity contribution is 7.21. The summed E-state index contributed by atoms with van der Waals surface area (Å²) < 4.78 is 12.9. The van der Waals surface area contributed by atoms with Gasteiger partial charge >= 0.3 is 0 Å². The molecule has 2 aliphatic heterocycles. The van der Waals surface area contributed by atoms with Crippen molar-refractivity contribution >= 4 is 27.1 Å². The highest BCUT2D eigenvalue weighted by Crippen LogP contribution is 2.45. The molecule has 0 N–H and O–H groups in total. The minimum atomic E-state index is -0.552. The van der Waals surface area contributed by atoms with E-state index in [1.807, 2.05) is 25.2 Å². The molecule has 4 rings (SSSR count). The highest BCUT2D eigenvalue weighted by Gasteiger charge is 2.32. The third-order valence-electron chi connectivity index (χ3n) is 3.61. The first-order chi connectivity index (χ1) is 9.03. The molecule has 0 bridgehead atoms. The van der Waals surface area contributed by atoms with Crippen LogP contribution in [0.4, 0.5) is 0 Å². The van der Waals surface area contributed by atoms with E-state index in [1.54, 1.807) is 0 Å². The van der Waals surface area contributed by atoms with E-state index in [0.717, 1.165) is 30.2 Å². The fourth-order valence-electron chi connectivity index (χ4n) is 2.81. The van der Waals surface area contributed by atoms with Crippen LogP contribution in [0.1, 0.15) is 31.2 Å². The number of benzene rings is 1. The Balaban J connectivity index is 1.95. The van der Waals surface area contributed by atoms with Crippen molar-refractivity contribution in [3.05, 3.63) is 22.6 Å². The van der Waals surface area contributed by atoms with Crippen molar-refractivity contribution in [2.75, 3.05) is 6.54 Å². The van der Waals surface area contributed by atoms with Crippen LogP contribution < -0.4 is 9.47 Å². The Hall–Kier alpha value is -1.55. The zero-order valence-electron chi connectivity index (χ0n) is 11.2. The van der Waals surface area contributed by atoms with Crippen LogP contribution >= 0.6 is 11.3 Å². The van der Waals surface area contributed by atoms with E-state index in [0.29, 0.717) is 0 Å². The van der Waals surface area contributed by atoms with Crippen molar-refractivity contribution in [3.8, 4) is 11.5 Å². The molecule has 0 saturated heterocycles. The van der Waals surface area contributed by atoms with Gasteiger partial charge in [-0.25, -0.2) is 0 Å². The molecule has 2 aliphatic rings. The summed E-state index contributed by atoms with van der Waals surface area (Å²) in [7, 11) is 0. The molecular formula is C15H15NO2S. The van der Waals surface area contributed by atoms with Crippen LogP contribution in [0.25, 0.3) is 10.1 Å². The molecule has 3 nitrogen and oxygen atoms in total. The van der Waals surface area contributed by atoms with E-state index in [4.69, 9.17) is 9.47 Å². The van der Waals surface area contributed by atoms with Crippen LogP contribution in [0, 0.1) is 0 Å². The summed E-state index contributed by atoms with van der Waals surface area (Å²) in [5, 5.41) is 1.30. The molecular weight excluding hydrogens is 258 g/mol. The Morgan fingerprint density at radius 1 is 1.21 bits per heavy atom. The SMILES string of the molecule is CC1=NCCc2c1sc1cc3c(cc21)OC(C)(C)O3. The lowest BCUT2D eigenvalue weighted by molar-refractivity contribution is -0.0431. The van der Waals surface area contributed by atoms with Crippen LogP contribution in [-0.2, 0) is 6.42 Å². The molecule has 19 heavy (non-hydrogen) atoms. The molecule has 0 spiro atoms. The Morgan fingerprint density at radius 3 is 2.74 bits per heavy atom. The summed E-state index contributed by atoms with van der Waals surface area (Å²) in [6.07, 6.45) is 1.02. The Kier molecular flexibility index (Phi) is 2.09. The maximum absolute atomic E-state index is 5.84. The highest BCUT2D eigenvalue weighted by atomic mass is 32.1. The number of hydrogen-bond acceptors (Lipinski definition) is 4. The van der Waals surface area contributed by atoms with Crippen LogP contribution in [0.3, 0.4) is 0 Å². The zero-order chi connectivity index (χ0) is 13.2. The number of nitrogens with zero attached hydrogens (tertiary/aromatic N) is 1. The second kappa shape index (κ2) is 3.51. The van der Waals surface area contributed by atoms with E-state index < -0.39 is 5.79 Å². The monoisotopic (exact) mass is 273 g/mol. The van der Waals surface area contributed by atoms with Crippen LogP contribution in [-0.4, -0.2) is 18.0 Å². The minimum absolute atomic E-state index is 0.552. The van der Waals surface area contributed by atoms with E-state index in [-0.39, 0.29) is 0 Å². The average molecular weight is 273 g/mol. The van der Waals surface area contributed by atoms with Gasteiger partial charge in [0.05, 0.1) is 4.88 Å². The summed E-state index contributed by atoms with van der Waals surface area (Å²) in [5.74, 6) is 1.16. The summed E-state index contributed by atoms with van der Waals surface area (Å²) >= 11 is 1.81. The molecule has 0 fully saturated rings. The third kappa shape index (κ3) is 1.59. The fraction of sp³-hybridized carbons (Fsp3) is 0.400. The van der Waals surface area contributed by atoms with Gasteiger partial charge in [-0.2, -0.15) is 0 Å². The van der Waals surface area contributed by atoms with Gasteiger partial charge in [-0.3, -0.25) is 4.99 Å². The summed E-state index contributed by atoms with van der Waals surface area (Å²) in [5.41, 5.74) is 2.58. The molecule has 0 radical (unpaired) electrons. The number of aliphatic imine (C=N–C) groups is 1. The molecule has 1 aromatic heterocycles. The van der Waals surface area contributed by atoms with Crippen molar-refractivity contribution in [1.82, 2.24) is 0 Å². The van der Waals surface area contributed by atoms with Gasteiger partial charge in [-0.1, -0.05) is 0 Å². The van der Waals surface area contributed by atoms with Crippen molar-refractivity contribution in [2.24, 2.45) is 4.99 Å². The average Bonchev–Trinajstić information content (AvgIpc) is 2.82. The molecule has 3 heterocycles. The van der Waals surface area contributed by atoms with Gasteiger partial charge < -0.3 is 9.47 Å². The van der Waals surface area contributed by atoms with E-state index in [2.05, 4.69) is 24.0 Å². The Bertz CT molecular complexity index is 727. The van der Waals surface area contributed by atoms with Gasteiger partial charge in [0.15, 0.2) is 11.5 Å². The molecule has 0 aliphatic carbocycles. The van der Waals surface area contributed by atoms with Crippen molar-refractivity contribution in [3.63, 3.8) is 0 Å². The number of fused-ring (bicyclic) bond motifs is 4. The topological polar surface area (TPSA) is 30.8 Å². The second-order valence-corrected chi connectivity index (χ2v) is 6.58. The molecule has 0 unspecified atom stereocenters. The molecule has 2 aromatic rings. The van der Waals surface area contributed by atoms with E-state index in [9.17, 15) is 0 Å². The second-order valence-electron chi connectivity index (χ2n) is 5.53. The van der Waals surface area contributed by atoms with E-state index >= 15 is 0 Å². The van der Waals surface area contributed by atoms with Gasteiger partial charge in [0.1, 0.15) is 0 Å². The lowest BCUT2D eigenvalue weighted by Crippen LogP contribution is -2.29. The molecule has 0 amide bonds. The number of ether oxygens (including phenoxy) is 2. The quantitative estimate of drug-likeness (QED) is 0.731. The first kappa shape index (κ1) is 11.3.